The Morgan fingerprint density at radius 1 is 1.36 bits per heavy atom. The quantitative estimate of drug-likeness (QED) is 0.476. The van der Waals surface area contributed by atoms with Crippen molar-refractivity contribution in [3.63, 3.8) is 0 Å². The van der Waals surface area contributed by atoms with Crippen LogP contribution in [0.1, 0.15) is 22.8 Å². The van der Waals surface area contributed by atoms with E-state index in [9.17, 15) is 14.7 Å². The number of phenols is 1. The lowest BCUT2D eigenvalue weighted by Gasteiger charge is -2.14. The van der Waals surface area contributed by atoms with Gasteiger partial charge in [-0.25, -0.2) is 4.79 Å². The zero-order chi connectivity index (χ0) is 20.4. The van der Waals surface area contributed by atoms with Crippen molar-refractivity contribution in [2.24, 2.45) is 0 Å². The van der Waals surface area contributed by atoms with E-state index in [1.165, 1.54) is 17.0 Å². The number of rotatable bonds is 5. The molecule has 0 aliphatic carbocycles. The summed E-state index contributed by atoms with van der Waals surface area (Å²) in [6.07, 6.45) is 1.65. The Labute approximate surface area is 178 Å². The van der Waals surface area contributed by atoms with Crippen LogP contribution in [0.4, 0.5) is 5.69 Å². The number of thiocarbonyl (C=S) groups is 1. The maximum atomic E-state index is 12.9. The summed E-state index contributed by atoms with van der Waals surface area (Å²) < 4.78 is 6.15. The third-order valence-electron chi connectivity index (χ3n) is 3.79. The van der Waals surface area contributed by atoms with E-state index in [-0.39, 0.29) is 17.2 Å². The zero-order valence-electron chi connectivity index (χ0n) is 14.5. The fraction of sp³-hybridized carbons (Fsp3) is 0.105. The molecule has 1 saturated heterocycles. The highest BCUT2D eigenvalue weighted by Crippen LogP contribution is 2.39. The van der Waals surface area contributed by atoms with Gasteiger partial charge in [-0.2, -0.15) is 0 Å². The van der Waals surface area contributed by atoms with Crippen molar-refractivity contribution in [3.8, 4) is 11.5 Å². The number of hydrogen-bond donors (Lipinski definition) is 2. The van der Waals surface area contributed by atoms with Crippen molar-refractivity contribution in [1.82, 2.24) is 0 Å². The topological polar surface area (TPSA) is 87.1 Å². The molecule has 1 aliphatic heterocycles. The molecule has 2 N–H and O–H groups in total. The van der Waals surface area contributed by atoms with E-state index < -0.39 is 5.97 Å². The molecule has 0 saturated carbocycles. The highest BCUT2D eigenvalue weighted by atomic mass is 79.9. The normalized spacial score (nSPS) is 15.4. The Morgan fingerprint density at radius 3 is 2.79 bits per heavy atom. The maximum Gasteiger partial charge on any atom is 0.335 e. The number of amides is 1. The molecule has 0 aromatic heterocycles. The highest BCUT2D eigenvalue weighted by Gasteiger charge is 2.33. The van der Waals surface area contributed by atoms with Gasteiger partial charge in [0.1, 0.15) is 0 Å². The number of phenolic OH excluding ortho intramolecular Hbond substituents is 1. The maximum absolute atomic E-state index is 12.9. The predicted octanol–water partition coefficient (Wildman–Crippen LogP) is 4.66. The molecule has 1 amide bonds. The smallest absolute Gasteiger partial charge is 0.335 e. The number of carbonyl (C=O) groups is 2. The summed E-state index contributed by atoms with van der Waals surface area (Å²) in [5.41, 5.74) is 1.11. The Bertz CT molecular complexity index is 1020. The lowest BCUT2D eigenvalue weighted by atomic mass is 10.1. The van der Waals surface area contributed by atoms with E-state index in [1.807, 2.05) is 0 Å². The van der Waals surface area contributed by atoms with Gasteiger partial charge >= 0.3 is 5.97 Å². The number of thioether (sulfide) groups is 1. The average molecular weight is 480 g/mol. The van der Waals surface area contributed by atoms with Crippen molar-refractivity contribution in [2.45, 2.75) is 6.92 Å². The summed E-state index contributed by atoms with van der Waals surface area (Å²) in [7, 11) is 0. The first kappa shape index (κ1) is 20.4. The molecule has 0 bridgehead atoms. The lowest BCUT2D eigenvalue weighted by molar-refractivity contribution is -0.113. The molecule has 2 aromatic carbocycles. The number of aromatic carboxylic acids is 1. The minimum Gasteiger partial charge on any atom is -0.503 e. The molecule has 0 atom stereocenters. The number of halogens is 1. The first-order valence-electron chi connectivity index (χ1n) is 8.08. The van der Waals surface area contributed by atoms with Crippen LogP contribution in [0, 0.1) is 0 Å². The van der Waals surface area contributed by atoms with Crippen LogP contribution in [0.5, 0.6) is 11.5 Å². The number of carboxylic acid groups (broad SMARTS) is 1. The molecule has 0 spiro atoms. The number of ether oxygens (including phenoxy) is 1. The van der Waals surface area contributed by atoms with Crippen LogP contribution in [0.25, 0.3) is 6.08 Å². The van der Waals surface area contributed by atoms with Crippen molar-refractivity contribution in [2.75, 3.05) is 11.5 Å². The molecule has 144 valence electrons. The fourth-order valence-corrected chi connectivity index (χ4v) is 4.32. The number of benzene rings is 2. The number of aromatic hydroxyl groups is 1. The van der Waals surface area contributed by atoms with Crippen LogP contribution in [0.15, 0.2) is 45.8 Å². The Balaban J connectivity index is 1.96. The number of anilines is 1. The summed E-state index contributed by atoms with van der Waals surface area (Å²) >= 11 is 9.71. The molecule has 28 heavy (non-hydrogen) atoms. The van der Waals surface area contributed by atoms with Crippen LogP contribution in [0.3, 0.4) is 0 Å². The minimum atomic E-state index is -1.08. The van der Waals surface area contributed by atoms with E-state index in [2.05, 4.69) is 15.9 Å². The first-order valence-corrected chi connectivity index (χ1v) is 10.1. The monoisotopic (exact) mass is 479 g/mol. The third kappa shape index (κ3) is 4.06. The van der Waals surface area contributed by atoms with Crippen molar-refractivity contribution < 1.29 is 24.5 Å². The lowest BCUT2D eigenvalue weighted by Crippen LogP contribution is -2.27. The summed E-state index contributed by atoms with van der Waals surface area (Å²) in [6, 6.07) is 9.33. The van der Waals surface area contributed by atoms with Gasteiger partial charge in [-0.15, -0.1) is 0 Å². The van der Waals surface area contributed by atoms with Gasteiger partial charge in [0.25, 0.3) is 5.91 Å². The van der Waals surface area contributed by atoms with E-state index >= 15 is 0 Å². The SMILES string of the molecule is CCOc1cc(/C=C2\SC(=S)N(c3cccc(C(=O)O)c3)C2=O)cc(Br)c1O. The standard InChI is InChI=1S/C19H14BrNO5S2/c1-2-26-14-7-10(6-13(20)16(14)22)8-15-17(23)21(19(27)28-15)12-5-3-4-11(9-12)18(24)25/h3-9,22H,2H2,1H3,(H,24,25)/b15-8-. The van der Waals surface area contributed by atoms with Gasteiger partial charge in [-0.1, -0.05) is 30.0 Å². The molecule has 0 radical (unpaired) electrons. The molecular weight excluding hydrogens is 466 g/mol. The second-order valence-corrected chi connectivity index (χ2v) is 8.19. The largest absolute Gasteiger partial charge is 0.503 e. The first-order chi connectivity index (χ1) is 13.3. The molecule has 1 fully saturated rings. The molecule has 0 unspecified atom stereocenters. The Hall–Kier alpha value is -2.36. The number of carboxylic acids is 1. The number of nitrogens with zero attached hydrogens (tertiary/aromatic N) is 1. The second kappa shape index (κ2) is 8.34. The zero-order valence-corrected chi connectivity index (χ0v) is 17.7. The van der Waals surface area contributed by atoms with Crippen LogP contribution in [-0.2, 0) is 4.79 Å². The Kier molecular flexibility index (Phi) is 6.07. The average Bonchev–Trinajstić information content (AvgIpc) is 2.93. The van der Waals surface area contributed by atoms with E-state index in [0.717, 1.165) is 11.8 Å². The number of hydrogen-bond acceptors (Lipinski definition) is 6. The molecular formula is C19H14BrNO5S2. The Morgan fingerprint density at radius 2 is 2.11 bits per heavy atom. The molecule has 1 aliphatic rings. The van der Waals surface area contributed by atoms with E-state index in [4.69, 9.17) is 22.1 Å². The van der Waals surface area contributed by atoms with Gasteiger partial charge < -0.3 is 14.9 Å². The van der Waals surface area contributed by atoms with Crippen LogP contribution >= 0.6 is 39.9 Å². The summed E-state index contributed by atoms with van der Waals surface area (Å²) in [5.74, 6) is -1.15. The number of carbonyl (C=O) groups excluding carboxylic acids is 1. The van der Waals surface area contributed by atoms with Crippen molar-refractivity contribution in [1.29, 1.82) is 0 Å². The molecule has 6 nitrogen and oxygen atoms in total. The predicted molar refractivity (Wildman–Crippen MR) is 116 cm³/mol. The van der Waals surface area contributed by atoms with Gasteiger partial charge in [0, 0.05) is 0 Å². The molecule has 3 rings (SSSR count). The molecule has 9 heteroatoms. The van der Waals surface area contributed by atoms with Crippen LogP contribution in [0.2, 0.25) is 0 Å². The third-order valence-corrected chi connectivity index (χ3v) is 5.70. The summed E-state index contributed by atoms with van der Waals surface area (Å²) in [5, 5.41) is 19.2. The van der Waals surface area contributed by atoms with Crippen molar-refractivity contribution in [3.05, 3.63) is 56.9 Å². The van der Waals surface area contributed by atoms with Gasteiger partial charge in [0.05, 0.1) is 27.2 Å². The van der Waals surface area contributed by atoms with E-state index in [0.29, 0.717) is 37.3 Å². The van der Waals surface area contributed by atoms with Gasteiger partial charge in [0.2, 0.25) is 0 Å². The highest BCUT2D eigenvalue weighted by molar-refractivity contribution is 9.10. The minimum absolute atomic E-state index is 0.0166. The van der Waals surface area contributed by atoms with Crippen LogP contribution in [-0.4, -0.2) is 33.0 Å². The van der Waals surface area contributed by atoms with Gasteiger partial charge in [-0.05, 0) is 64.8 Å². The van der Waals surface area contributed by atoms with Crippen molar-refractivity contribution >= 4 is 67.9 Å². The molecule has 1 heterocycles. The van der Waals surface area contributed by atoms with E-state index in [1.54, 1.807) is 37.3 Å². The molecule has 2 aromatic rings. The second-order valence-electron chi connectivity index (χ2n) is 5.66. The van der Waals surface area contributed by atoms with Gasteiger partial charge in [-0.3, -0.25) is 9.69 Å². The summed E-state index contributed by atoms with van der Waals surface area (Å²) in [4.78, 5) is 25.7. The fourth-order valence-electron chi connectivity index (χ4n) is 2.56. The van der Waals surface area contributed by atoms with Crippen LogP contribution < -0.4 is 9.64 Å². The summed E-state index contributed by atoms with van der Waals surface area (Å²) in [6.45, 7) is 2.18. The van der Waals surface area contributed by atoms with Gasteiger partial charge in [0.15, 0.2) is 15.8 Å².